The number of nitrogens with one attached hydrogen (secondary N) is 1. The first-order valence-electron chi connectivity index (χ1n) is 6.28. The van der Waals surface area contributed by atoms with E-state index < -0.39 is 0 Å². The fourth-order valence-corrected chi connectivity index (χ4v) is 2.59. The third kappa shape index (κ3) is 2.94. The van der Waals surface area contributed by atoms with E-state index in [-0.39, 0.29) is 0 Å². The largest absolute Gasteiger partial charge is 0.311 e. The first-order chi connectivity index (χ1) is 8.72. The molecule has 2 aromatic heterocycles. The van der Waals surface area contributed by atoms with Crippen molar-refractivity contribution in [3.63, 3.8) is 0 Å². The topological polar surface area (TPSA) is 37.8 Å². The summed E-state index contributed by atoms with van der Waals surface area (Å²) in [6.45, 7) is 8.17. The van der Waals surface area contributed by atoms with Crippen LogP contribution in [-0.2, 0) is 6.54 Å². The van der Waals surface area contributed by atoms with Crippen molar-refractivity contribution >= 4 is 11.3 Å². The van der Waals surface area contributed by atoms with Crippen LogP contribution in [0.2, 0.25) is 0 Å². The van der Waals surface area contributed by atoms with Gasteiger partial charge in [0.1, 0.15) is 0 Å². The predicted octanol–water partition coefficient (Wildman–Crippen LogP) is 3.32. The van der Waals surface area contributed by atoms with Gasteiger partial charge < -0.3 is 5.32 Å². The Morgan fingerprint density at radius 2 is 2.06 bits per heavy atom. The summed E-state index contributed by atoms with van der Waals surface area (Å²) in [5.74, 6) is 0.840. The summed E-state index contributed by atoms with van der Waals surface area (Å²) in [6, 6.07) is 0. The van der Waals surface area contributed by atoms with Gasteiger partial charge in [0.05, 0.1) is 5.69 Å². The zero-order chi connectivity index (χ0) is 13.0. The van der Waals surface area contributed by atoms with Gasteiger partial charge in [0, 0.05) is 23.7 Å². The quantitative estimate of drug-likeness (QED) is 0.839. The lowest BCUT2D eigenvalue weighted by Crippen LogP contribution is -2.16. The van der Waals surface area contributed by atoms with E-state index in [4.69, 9.17) is 0 Å². The molecule has 1 N–H and O–H groups in total. The molecule has 2 aromatic rings. The molecule has 0 aliphatic heterocycles. The van der Waals surface area contributed by atoms with E-state index in [2.05, 4.69) is 46.8 Å². The Hall–Kier alpha value is -1.26. The first kappa shape index (κ1) is 13.2. The smallest absolute Gasteiger partial charge is 0.160 e. The molecule has 0 aliphatic carbocycles. The zero-order valence-electron chi connectivity index (χ0n) is 11.2. The molecule has 3 nitrogen and oxygen atoms in total. The standard InChI is InChI=1S/C14H19N3S/c1-4-5-15-7-13-10(2)6-16-14(17-13)12-9-18-8-11(12)3/h6,8-9,15H,4-5,7H2,1-3H3. The molecular weight excluding hydrogens is 242 g/mol. The maximum Gasteiger partial charge on any atom is 0.160 e. The monoisotopic (exact) mass is 261 g/mol. The van der Waals surface area contributed by atoms with Crippen LogP contribution in [0, 0.1) is 13.8 Å². The maximum atomic E-state index is 4.68. The van der Waals surface area contributed by atoms with Gasteiger partial charge in [-0.05, 0) is 43.3 Å². The molecule has 0 aliphatic rings. The second kappa shape index (κ2) is 6.07. The van der Waals surface area contributed by atoms with Crippen LogP contribution in [0.5, 0.6) is 0 Å². The average molecular weight is 261 g/mol. The lowest BCUT2D eigenvalue weighted by atomic mass is 10.2. The van der Waals surface area contributed by atoms with E-state index in [1.807, 2.05) is 6.20 Å². The Kier molecular flexibility index (Phi) is 4.44. The predicted molar refractivity (Wildman–Crippen MR) is 76.8 cm³/mol. The number of aromatic nitrogens is 2. The molecule has 0 amide bonds. The third-order valence-corrected chi connectivity index (χ3v) is 3.75. The maximum absolute atomic E-state index is 4.68. The number of rotatable bonds is 5. The fourth-order valence-electron chi connectivity index (χ4n) is 1.76. The van der Waals surface area contributed by atoms with Gasteiger partial charge in [-0.2, -0.15) is 11.3 Å². The minimum absolute atomic E-state index is 0.818. The lowest BCUT2D eigenvalue weighted by molar-refractivity contribution is 0.660. The van der Waals surface area contributed by atoms with Crippen molar-refractivity contribution in [3.05, 3.63) is 33.8 Å². The molecule has 0 atom stereocenters. The van der Waals surface area contributed by atoms with E-state index in [9.17, 15) is 0 Å². The summed E-state index contributed by atoms with van der Waals surface area (Å²) in [7, 11) is 0. The Bertz CT molecular complexity index is 520. The SMILES string of the molecule is CCCNCc1nc(-c2cscc2C)ncc1C. The Morgan fingerprint density at radius 1 is 1.22 bits per heavy atom. The second-order valence-corrected chi connectivity index (χ2v) is 5.21. The molecule has 0 saturated carbocycles. The minimum atomic E-state index is 0.818. The average Bonchev–Trinajstić information content (AvgIpc) is 2.78. The summed E-state index contributed by atoms with van der Waals surface area (Å²) in [4.78, 5) is 9.12. The molecule has 2 rings (SSSR count). The fraction of sp³-hybridized carbons (Fsp3) is 0.429. The Labute approximate surface area is 112 Å². The van der Waals surface area contributed by atoms with Crippen molar-refractivity contribution < 1.29 is 0 Å². The van der Waals surface area contributed by atoms with Crippen molar-refractivity contribution in [1.29, 1.82) is 0 Å². The van der Waals surface area contributed by atoms with Crippen LogP contribution in [0.4, 0.5) is 0 Å². The molecule has 0 unspecified atom stereocenters. The highest BCUT2D eigenvalue weighted by Gasteiger charge is 2.08. The van der Waals surface area contributed by atoms with Crippen molar-refractivity contribution in [2.24, 2.45) is 0 Å². The Morgan fingerprint density at radius 3 is 2.72 bits per heavy atom. The van der Waals surface area contributed by atoms with Crippen LogP contribution in [-0.4, -0.2) is 16.5 Å². The van der Waals surface area contributed by atoms with Gasteiger partial charge in [-0.15, -0.1) is 0 Å². The zero-order valence-corrected chi connectivity index (χ0v) is 12.0. The summed E-state index contributed by atoms with van der Waals surface area (Å²) >= 11 is 1.70. The molecule has 0 fully saturated rings. The highest BCUT2D eigenvalue weighted by molar-refractivity contribution is 7.08. The van der Waals surface area contributed by atoms with Gasteiger partial charge in [-0.3, -0.25) is 0 Å². The molecule has 18 heavy (non-hydrogen) atoms. The molecular formula is C14H19N3S. The molecule has 0 radical (unpaired) electrons. The van der Waals surface area contributed by atoms with Crippen molar-refractivity contribution in [2.45, 2.75) is 33.7 Å². The van der Waals surface area contributed by atoms with Crippen LogP contribution in [0.15, 0.2) is 17.0 Å². The van der Waals surface area contributed by atoms with E-state index in [0.29, 0.717) is 0 Å². The van der Waals surface area contributed by atoms with Crippen LogP contribution in [0.25, 0.3) is 11.4 Å². The Balaban J connectivity index is 2.23. The van der Waals surface area contributed by atoms with Crippen LogP contribution < -0.4 is 5.32 Å². The molecule has 0 aromatic carbocycles. The van der Waals surface area contributed by atoms with Crippen molar-refractivity contribution in [1.82, 2.24) is 15.3 Å². The van der Waals surface area contributed by atoms with Crippen LogP contribution >= 0.6 is 11.3 Å². The number of hydrogen-bond donors (Lipinski definition) is 1. The van der Waals surface area contributed by atoms with Gasteiger partial charge in [0.2, 0.25) is 0 Å². The summed E-state index contributed by atoms with van der Waals surface area (Å²) in [6.07, 6.45) is 3.06. The van der Waals surface area contributed by atoms with Gasteiger partial charge in [0.25, 0.3) is 0 Å². The van der Waals surface area contributed by atoms with Gasteiger partial charge >= 0.3 is 0 Å². The number of aryl methyl sites for hydroxylation is 2. The lowest BCUT2D eigenvalue weighted by Gasteiger charge is -2.08. The molecule has 4 heteroatoms. The van der Waals surface area contributed by atoms with E-state index in [0.717, 1.165) is 42.2 Å². The highest BCUT2D eigenvalue weighted by Crippen LogP contribution is 2.24. The van der Waals surface area contributed by atoms with Gasteiger partial charge in [-0.25, -0.2) is 9.97 Å². The highest BCUT2D eigenvalue weighted by atomic mass is 32.1. The number of hydrogen-bond acceptors (Lipinski definition) is 4. The second-order valence-electron chi connectivity index (χ2n) is 4.47. The van der Waals surface area contributed by atoms with Gasteiger partial charge in [-0.1, -0.05) is 6.92 Å². The number of thiophene rings is 1. The van der Waals surface area contributed by atoms with Crippen LogP contribution in [0.1, 0.15) is 30.2 Å². The molecule has 96 valence electrons. The summed E-state index contributed by atoms with van der Waals surface area (Å²) in [5.41, 5.74) is 4.64. The normalized spacial score (nSPS) is 10.8. The molecule has 0 bridgehead atoms. The summed E-state index contributed by atoms with van der Waals surface area (Å²) < 4.78 is 0. The van der Waals surface area contributed by atoms with E-state index in [1.54, 1.807) is 11.3 Å². The number of nitrogens with zero attached hydrogens (tertiary/aromatic N) is 2. The third-order valence-electron chi connectivity index (χ3n) is 2.89. The first-order valence-corrected chi connectivity index (χ1v) is 7.23. The molecule has 0 saturated heterocycles. The molecule has 2 heterocycles. The van der Waals surface area contributed by atoms with Crippen molar-refractivity contribution in [2.75, 3.05) is 6.54 Å². The van der Waals surface area contributed by atoms with Crippen LogP contribution in [0.3, 0.4) is 0 Å². The molecule has 0 spiro atoms. The summed E-state index contributed by atoms with van der Waals surface area (Å²) in [5, 5.41) is 7.64. The van der Waals surface area contributed by atoms with Crippen molar-refractivity contribution in [3.8, 4) is 11.4 Å². The van der Waals surface area contributed by atoms with E-state index in [1.165, 1.54) is 5.56 Å². The van der Waals surface area contributed by atoms with E-state index >= 15 is 0 Å². The van der Waals surface area contributed by atoms with Gasteiger partial charge in [0.15, 0.2) is 5.82 Å². The minimum Gasteiger partial charge on any atom is -0.311 e.